The maximum Gasteiger partial charge on any atom is 0.00910 e. The Kier molecular flexibility index (Phi) is 4.45. The average molecular weight is 110 g/mol. The fourth-order valence-corrected chi connectivity index (χ4v) is 0.486. The summed E-state index contributed by atoms with van der Waals surface area (Å²) in [6.07, 6.45) is 2.30. The van der Waals surface area contributed by atoms with E-state index in [-0.39, 0.29) is 0 Å². The van der Waals surface area contributed by atoms with Gasteiger partial charge in [-0.3, -0.25) is 0 Å². The van der Waals surface area contributed by atoms with Crippen LogP contribution in [0.2, 0.25) is 0 Å². The van der Waals surface area contributed by atoms with Crippen molar-refractivity contribution in [2.24, 2.45) is 5.92 Å². The van der Waals surface area contributed by atoms with Crippen LogP contribution in [0.25, 0.3) is 0 Å². The fraction of sp³-hybridized carbons (Fsp3) is 0.750. The van der Waals surface area contributed by atoms with Crippen LogP contribution in [0, 0.1) is 17.8 Å². The summed E-state index contributed by atoms with van der Waals surface area (Å²) in [5.74, 6) is 6.70. The Labute approximate surface area is 52.3 Å². The van der Waals surface area contributed by atoms with E-state index in [2.05, 4.69) is 25.7 Å². The summed E-state index contributed by atoms with van der Waals surface area (Å²) in [6.45, 7) is 6.33. The highest BCUT2D eigenvalue weighted by atomic mass is 13.9. The third-order valence-electron chi connectivity index (χ3n) is 1.02. The van der Waals surface area contributed by atoms with E-state index in [1.165, 1.54) is 6.42 Å². The van der Waals surface area contributed by atoms with Crippen LogP contribution >= 0.6 is 0 Å². The monoisotopic (exact) mass is 110 g/mol. The highest BCUT2D eigenvalue weighted by molar-refractivity contribution is 4.94. The molecule has 0 aromatic carbocycles. The molecule has 0 heteroatoms. The van der Waals surface area contributed by atoms with Gasteiger partial charge in [-0.1, -0.05) is 13.8 Å². The summed E-state index contributed by atoms with van der Waals surface area (Å²) in [7, 11) is 0. The van der Waals surface area contributed by atoms with Gasteiger partial charge in [-0.2, -0.15) is 0 Å². The third kappa shape index (κ3) is 5.56. The molecular formula is C8H14. The molecular weight excluding hydrogens is 96.1 g/mol. The van der Waals surface area contributed by atoms with Crippen LogP contribution in [-0.4, -0.2) is 0 Å². The first-order valence-electron chi connectivity index (χ1n) is 3.17. The maximum absolute atomic E-state index is 3.03. The lowest BCUT2D eigenvalue weighted by Crippen LogP contribution is -1.83. The molecule has 0 aliphatic carbocycles. The average Bonchev–Trinajstić information content (AvgIpc) is 1.66. The zero-order valence-electron chi connectivity index (χ0n) is 5.99. The normalized spacial score (nSPS) is 8.50. The predicted molar refractivity (Wildman–Crippen MR) is 37.5 cm³/mol. The second-order valence-corrected chi connectivity index (χ2v) is 2.36. The fourth-order valence-electron chi connectivity index (χ4n) is 0.486. The zero-order valence-corrected chi connectivity index (χ0v) is 5.99. The first-order valence-corrected chi connectivity index (χ1v) is 3.17. The second kappa shape index (κ2) is 4.71. The van der Waals surface area contributed by atoms with Crippen LogP contribution in [0.4, 0.5) is 0 Å². The van der Waals surface area contributed by atoms with Crippen molar-refractivity contribution in [1.29, 1.82) is 0 Å². The lowest BCUT2D eigenvalue weighted by Gasteiger charge is -1.96. The standard InChI is InChI=1S/C8H14/c1-4-5-6-7-8(2)3/h8H,6-7H2,1-3H3. The Bertz CT molecular complexity index is 90.3. The summed E-state index contributed by atoms with van der Waals surface area (Å²) < 4.78 is 0. The molecule has 0 saturated carbocycles. The van der Waals surface area contributed by atoms with Gasteiger partial charge in [0.2, 0.25) is 0 Å². The molecule has 0 amide bonds. The van der Waals surface area contributed by atoms with Gasteiger partial charge in [0.25, 0.3) is 0 Å². The lowest BCUT2D eigenvalue weighted by molar-refractivity contribution is 0.600. The van der Waals surface area contributed by atoms with Crippen LogP contribution in [0.15, 0.2) is 0 Å². The Morgan fingerprint density at radius 2 is 2.00 bits per heavy atom. The second-order valence-electron chi connectivity index (χ2n) is 2.36. The van der Waals surface area contributed by atoms with Crippen molar-refractivity contribution in [3.8, 4) is 11.8 Å². The Hall–Kier alpha value is -0.440. The van der Waals surface area contributed by atoms with E-state index in [0.29, 0.717) is 0 Å². The van der Waals surface area contributed by atoms with Gasteiger partial charge in [0.15, 0.2) is 0 Å². The lowest BCUT2D eigenvalue weighted by atomic mass is 10.1. The Morgan fingerprint density at radius 3 is 2.38 bits per heavy atom. The molecule has 0 aliphatic heterocycles. The van der Waals surface area contributed by atoms with Crippen molar-refractivity contribution < 1.29 is 0 Å². The molecule has 0 atom stereocenters. The van der Waals surface area contributed by atoms with E-state index in [0.717, 1.165) is 12.3 Å². The quantitative estimate of drug-likeness (QED) is 0.479. The molecule has 0 aromatic heterocycles. The van der Waals surface area contributed by atoms with Gasteiger partial charge in [0.1, 0.15) is 0 Å². The minimum atomic E-state index is 0.802. The van der Waals surface area contributed by atoms with E-state index in [4.69, 9.17) is 0 Å². The summed E-state index contributed by atoms with van der Waals surface area (Å²) >= 11 is 0. The van der Waals surface area contributed by atoms with Crippen molar-refractivity contribution in [2.45, 2.75) is 33.6 Å². The molecule has 46 valence electrons. The maximum atomic E-state index is 3.03. The van der Waals surface area contributed by atoms with E-state index in [1.807, 2.05) is 6.92 Å². The Balaban J connectivity index is 3.01. The molecule has 0 fully saturated rings. The van der Waals surface area contributed by atoms with E-state index in [9.17, 15) is 0 Å². The molecule has 0 spiro atoms. The predicted octanol–water partition coefficient (Wildman–Crippen LogP) is 2.45. The van der Waals surface area contributed by atoms with Gasteiger partial charge < -0.3 is 0 Å². The molecule has 0 heterocycles. The molecule has 0 nitrogen and oxygen atoms in total. The highest BCUT2D eigenvalue weighted by Crippen LogP contribution is 2.00. The molecule has 0 saturated heterocycles. The van der Waals surface area contributed by atoms with Crippen molar-refractivity contribution >= 4 is 0 Å². The minimum Gasteiger partial charge on any atom is -0.107 e. The largest absolute Gasteiger partial charge is 0.107 e. The van der Waals surface area contributed by atoms with Crippen molar-refractivity contribution in [3.05, 3.63) is 0 Å². The van der Waals surface area contributed by atoms with Crippen LogP contribution in [0.5, 0.6) is 0 Å². The molecule has 0 unspecified atom stereocenters. The number of rotatable bonds is 2. The van der Waals surface area contributed by atoms with Crippen molar-refractivity contribution in [2.75, 3.05) is 0 Å². The van der Waals surface area contributed by atoms with E-state index >= 15 is 0 Å². The van der Waals surface area contributed by atoms with Crippen molar-refractivity contribution in [3.63, 3.8) is 0 Å². The molecule has 0 aromatic rings. The van der Waals surface area contributed by atoms with Gasteiger partial charge in [-0.15, -0.1) is 11.8 Å². The van der Waals surface area contributed by atoms with Crippen LogP contribution in [0.3, 0.4) is 0 Å². The first-order chi connectivity index (χ1) is 3.77. The summed E-state index contributed by atoms with van der Waals surface area (Å²) in [5.41, 5.74) is 0. The summed E-state index contributed by atoms with van der Waals surface area (Å²) in [5, 5.41) is 0. The topological polar surface area (TPSA) is 0 Å². The van der Waals surface area contributed by atoms with E-state index in [1.54, 1.807) is 0 Å². The Morgan fingerprint density at radius 1 is 1.38 bits per heavy atom. The molecule has 0 N–H and O–H groups in total. The molecule has 0 radical (unpaired) electrons. The summed E-state index contributed by atoms with van der Waals surface area (Å²) in [4.78, 5) is 0. The molecule has 0 aliphatic rings. The van der Waals surface area contributed by atoms with Crippen LogP contribution in [-0.2, 0) is 0 Å². The number of hydrogen-bond donors (Lipinski definition) is 0. The van der Waals surface area contributed by atoms with Gasteiger partial charge in [-0.05, 0) is 19.3 Å². The molecule has 0 bridgehead atoms. The molecule has 8 heavy (non-hydrogen) atoms. The van der Waals surface area contributed by atoms with Gasteiger partial charge in [-0.25, -0.2) is 0 Å². The highest BCUT2D eigenvalue weighted by Gasteiger charge is 1.87. The van der Waals surface area contributed by atoms with Crippen molar-refractivity contribution in [1.82, 2.24) is 0 Å². The first kappa shape index (κ1) is 7.56. The smallest absolute Gasteiger partial charge is 0.00910 e. The van der Waals surface area contributed by atoms with Crippen LogP contribution in [0.1, 0.15) is 33.6 Å². The van der Waals surface area contributed by atoms with Gasteiger partial charge in [0.05, 0.1) is 0 Å². The van der Waals surface area contributed by atoms with Crippen LogP contribution < -0.4 is 0 Å². The number of hydrogen-bond acceptors (Lipinski definition) is 0. The molecule has 0 rings (SSSR count). The summed E-state index contributed by atoms with van der Waals surface area (Å²) in [6, 6.07) is 0. The van der Waals surface area contributed by atoms with E-state index < -0.39 is 0 Å². The third-order valence-corrected chi connectivity index (χ3v) is 1.02. The minimum absolute atomic E-state index is 0.802. The van der Waals surface area contributed by atoms with Gasteiger partial charge >= 0.3 is 0 Å². The van der Waals surface area contributed by atoms with Gasteiger partial charge in [0, 0.05) is 6.42 Å². The SMILES string of the molecule is CC#CCCC(C)C. The zero-order chi connectivity index (χ0) is 6.41.